The van der Waals surface area contributed by atoms with E-state index in [2.05, 4.69) is 50.4 Å². The van der Waals surface area contributed by atoms with Crippen LogP contribution in [0.4, 0.5) is 0 Å². The molecule has 0 amide bonds. The minimum absolute atomic E-state index is 0.662. The van der Waals surface area contributed by atoms with Crippen LogP contribution in [0.15, 0.2) is 24.3 Å². The Hall–Kier alpha value is -0.860. The highest BCUT2D eigenvalue weighted by molar-refractivity contribution is 5.26. The van der Waals surface area contributed by atoms with Gasteiger partial charge in [0, 0.05) is 13.2 Å². The van der Waals surface area contributed by atoms with Crippen molar-refractivity contribution in [1.29, 1.82) is 0 Å². The highest BCUT2D eigenvalue weighted by atomic mass is 16.5. The van der Waals surface area contributed by atoms with Crippen LogP contribution in [0.1, 0.15) is 51.2 Å². The van der Waals surface area contributed by atoms with Crippen LogP contribution in [0.25, 0.3) is 0 Å². The topological polar surface area (TPSA) is 21.3 Å². The van der Waals surface area contributed by atoms with Gasteiger partial charge in [-0.3, -0.25) is 0 Å². The van der Waals surface area contributed by atoms with Crippen molar-refractivity contribution in [2.45, 2.75) is 53.2 Å². The summed E-state index contributed by atoms with van der Waals surface area (Å²) in [6, 6.07) is 8.56. The first-order valence-corrected chi connectivity index (χ1v) is 7.63. The standard InChI is InChI=1S/C17H29NO/c1-4-8-15(3)13-19-14-17-10-7-6-9-16(17)12-18-11-5-2/h6-7,9-10,15,18H,4-5,8,11-14H2,1-3H3. The summed E-state index contributed by atoms with van der Waals surface area (Å²) in [6.07, 6.45) is 3.66. The van der Waals surface area contributed by atoms with E-state index in [1.54, 1.807) is 0 Å². The second-order valence-electron chi connectivity index (χ2n) is 5.35. The van der Waals surface area contributed by atoms with Crippen LogP contribution in [0.3, 0.4) is 0 Å². The lowest BCUT2D eigenvalue weighted by molar-refractivity contribution is 0.0888. The van der Waals surface area contributed by atoms with Crippen LogP contribution in [-0.2, 0) is 17.9 Å². The Morgan fingerprint density at radius 1 is 1.11 bits per heavy atom. The summed E-state index contributed by atoms with van der Waals surface area (Å²) in [7, 11) is 0. The second kappa shape index (κ2) is 9.99. The van der Waals surface area contributed by atoms with Gasteiger partial charge in [0.15, 0.2) is 0 Å². The van der Waals surface area contributed by atoms with Gasteiger partial charge in [-0.2, -0.15) is 0 Å². The zero-order chi connectivity index (χ0) is 13.9. The van der Waals surface area contributed by atoms with E-state index < -0.39 is 0 Å². The summed E-state index contributed by atoms with van der Waals surface area (Å²) in [4.78, 5) is 0. The number of hydrogen-bond acceptors (Lipinski definition) is 2. The molecule has 0 spiro atoms. The molecule has 1 aromatic carbocycles. The van der Waals surface area contributed by atoms with Crippen LogP contribution in [0.5, 0.6) is 0 Å². The lowest BCUT2D eigenvalue weighted by Gasteiger charge is -2.13. The monoisotopic (exact) mass is 263 g/mol. The second-order valence-corrected chi connectivity index (χ2v) is 5.35. The third kappa shape index (κ3) is 6.74. The largest absolute Gasteiger partial charge is 0.376 e. The Morgan fingerprint density at radius 3 is 2.53 bits per heavy atom. The van der Waals surface area contributed by atoms with E-state index >= 15 is 0 Å². The first-order chi connectivity index (χ1) is 9.27. The van der Waals surface area contributed by atoms with Crippen LogP contribution in [0.2, 0.25) is 0 Å². The molecule has 0 fully saturated rings. The van der Waals surface area contributed by atoms with Crippen LogP contribution in [-0.4, -0.2) is 13.2 Å². The Balaban J connectivity index is 2.39. The molecule has 1 N–H and O–H groups in total. The summed E-state index contributed by atoms with van der Waals surface area (Å²) >= 11 is 0. The zero-order valence-corrected chi connectivity index (χ0v) is 12.7. The highest BCUT2D eigenvalue weighted by Crippen LogP contribution is 2.12. The number of benzene rings is 1. The first-order valence-electron chi connectivity index (χ1n) is 7.63. The van der Waals surface area contributed by atoms with Crippen molar-refractivity contribution in [3.63, 3.8) is 0 Å². The predicted octanol–water partition coefficient (Wildman–Crippen LogP) is 4.14. The smallest absolute Gasteiger partial charge is 0.0720 e. The maximum atomic E-state index is 5.85. The molecule has 108 valence electrons. The Kier molecular flexibility index (Phi) is 8.52. The molecule has 0 bridgehead atoms. The van der Waals surface area contributed by atoms with E-state index in [1.807, 2.05) is 0 Å². The minimum atomic E-state index is 0.662. The van der Waals surface area contributed by atoms with Crippen molar-refractivity contribution in [2.75, 3.05) is 13.2 Å². The van der Waals surface area contributed by atoms with Gasteiger partial charge in [-0.15, -0.1) is 0 Å². The molecule has 1 unspecified atom stereocenters. The quantitative estimate of drug-likeness (QED) is 0.641. The van der Waals surface area contributed by atoms with E-state index in [0.29, 0.717) is 5.92 Å². The van der Waals surface area contributed by atoms with E-state index in [9.17, 15) is 0 Å². The van der Waals surface area contributed by atoms with Gasteiger partial charge in [-0.25, -0.2) is 0 Å². The maximum Gasteiger partial charge on any atom is 0.0720 e. The van der Waals surface area contributed by atoms with E-state index in [-0.39, 0.29) is 0 Å². The maximum absolute atomic E-state index is 5.85. The van der Waals surface area contributed by atoms with Gasteiger partial charge in [-0.1, -0.05) is 51.5 Å². The van der Waals surface area contributed by atoms with Gasteiger partial charge in [0.2, 0.25) is 0 Å². The summed E-state index contributed by atoms with van der Waals surface area (Å²) in [5, 5.41) is 3.46. The SMILES string of the molecule is CCCNCc1ccccc1COCC(C)CCC. The van der Waals surface area contributed by atoms with E-state index in [4.69, 9.17) is 4.74 Å². The first kappa shape index (κ1) is 16.2. The van der Waals surface area contributed by atoms with Gasteiger partial charge in [0.1, 0.15) is 0 Å². The molecule has 1 aromatic rings. The fourth-order valence-corrected chi connectivity index (χ4v) is 2.22. The van der Waals surface area contributed by atoms with Crippen LogP contribution < -0.4 is 5.32 Å². The lowest BCUT2D eigenvalue weighted by atomic mass is 10.1. The molecule has 0 aliphatic carbocycles. The zero-order valence-electron chi connectivity index (χ0n) is 12.7. The Labute approximate surface area is 118 Å². The van der Waals surface area contributed by atoms with Gasteiger partial charge in [0.25, 0.3) is 0 Å². The third-order valence-electron chi connectivity index (χ3n) is 3.30. The molecule has 1 atom stereocenters. The number of hydrogen-bond donors (Lipinski definition) is 1. The van der Waals surface area contributed by atoms with Crippen molar-refractivity contribution >= 4 is 0 Å². The average Bonchev–Trinajstić information content (AvgIpc) is 2.41. The molecule has 2 nitrogen and oxygen atoms in total. The van der Waals surface area contributed by atoms with Gasteiger partial charge >= 0.3 is 0 Å². The summed E-state index contributed by atoms with van der Waals surface area (Å²) < 4.78 is 5.85. The fraction of sp³-hybridized carbons (Fsp3) is 0.647. The summed E-state index contributed by atoms with van der Waals surface area (Å²) in [5.74, 6) is 0.662. The molecule has 0 aliphatic rings. The molecule has 0 saturated heterocycles. The highest BCUT2D eigenvalue weighted by Gasteiger charge is 2.04. The third-order valence-corrected chi connectivity index (χ3v) is 3.30. The van der Waals surface area contributed by atoms with Crippen molar-refractivity contribution in [1.82, 2.24) is 5.32 Å². The fourth-order valence-electron chi connectivity index (χ4n) is 2.22. The molecular weight excluding hydrogens is 234 g/mol. The Morgan fingerprint density at radius 2 is 1.84 bits per heavy atom. The molecule has 0 aliphatic heterocycles. The van der Waals surface area contributed by atoms with Crippen molar-refractivity contribution < 1.29 is 4.74 Å². The molecular formula is C17H29NO. The lowest BCUT2D eigenvalue weighted by Crippen LogP contribution is -2.15. The molecule has 1 rings (SSSR count). The molecule has 0 radical (unpaired) electrons. The minimum Gasteiger partial charge on any atom is -0.376 e. The average molecular weight is 263 g/mol. The predicted molar refractivity (Wildman–Crippen MR) is 82.2 cm³/mol. The van der Waals surface area contributed by atoms with Gasteiger partial charge < -0.3 is 10.1 Å². The normalized spacial score (nSPS) is 12.6. The van der Waals surface area contributed by atoms with Gasteiger partial charge in [0.05, 0.1) is 6.61 Å². The van der Waals surface area contributed by atoms with Crippen LogP contribution in [0, 0.1) is 5.92 Å². The van der Waals surface area contributed by atoms with E-state index in [0.717, 1.165) is 26.3 Å². The summed E-state index contributed by atoms with van der Waals surface area (Å²) in [5.41, 5.74) is 2.67. The van der Waals surface area contributed by atoms with Crippen molar-refractivity contribution in [3.05, 3.63) is 35.4 Å². The summed E-state index contributed by atoms with van der Waals surface area (Å²) in [6.45, 7) is 10.3. The van der Waals surface area contributed by atoms with Crippen LogP contribution >= 0.6 is 0 Å². The van der Waals surface area contributed by atoms with E-state index in [1.165, 1.54) is 30.4 Å². The number of ether oxygens (including phenoxy) is 1. The number of nitrogens with one attached hydrogen (secondary N) is 1. The molecule has 2 heteroatoms. The Bertz CT molecular complexity index is 338. The van der Waals surface area contributed by atoms with Crippen molar-refractivity contribution in [2.24, 2.45) is 5.92 Å². The molecule has 19 heavy (non-hydrogen) atoms. The number of rotatable bonds is 10. The molecule has 0 aromatic heterocycles. The van der Waals surface area contributed by atoms with Crippen molar-refractivity contribution in [3.8, 4) is 0 Å². The molecule has 0 saturated carbocycles. The van der Waals surface area contributed by atoms with Gasteiger partial charge in [-0.05, 0) is 36.4 Å². The molecule has 0 heterocycles.